The van der Waals surface area contributed by atoms with Crippen molar-refractivity contribution in [2.75, 3.05) is 24.4 Å². The number of thiol groups is 1. The van der Waals surface area contributed by atoms with E-state index < -0.39 is 10.6 Å². The second kappa shape index (κ2) is 11.3. The Kier molecular flexibility index (Phi) is 7.79. The Labute approximate surface area is 206 Å². The van der Waals surface area contributed by atoms with Crippen molar-refractivity contribution in [3.63, 3.8) is 0 Å². The summed E-state index contributed by atoms with van der Waals surface area (Å²) in [5.74, 6) is 2.64. The standard InChI is InChI=1S/C26H27N5O3S/c1-3-34-22-13-9-19(10-14-22)24-17-29-26(30-20-5-4-6-23(15-20)35(27)32)31-25(24)28-16-18-7-11-21(33-2)12-8-18/h4-15,17,27,35H,3,16H2,1-2H3,(H2,28,29,30,31). The molecule has 0 spiro atoms. The summed E-state index contributed by atoms with van der Waals surface area (Å²) in [5.41, 5.74) is 3.53. The maximum Gasteiger partial charge on any atom is 0.229 e. The third kappa shape index (κ3) is 6.27. The molecular weight excluding hydrogens is 462 g/mol. The molecule has 4 aromatic rings. The van der Waals surface area contributed by atoms with Crippen LogP contribution in [0.3, 0.4) is 0 Å². The molecule has 8 nitrogen and oxygen atoms in total. The van der Waals surface area contributed by atoms with Gasteiger partial charge in [-0.1, -0.05) is 30.3 Å². The van der Waals surface area contributed by atoms with E-state index in [2.05, 4.69) is 15.6 Å². The van der Waals surface area contributed by atoms with Crippen LogP contribution < -0.4 is 20.1 Å². The van der Waals surface area contributed by atoms with E-state index in [9.17, 15) is 4.21 Å². The summed E-state index contributed by atoms with van der Waals surface area (Å²) in [6.45, 7) is 3.11. The molecule has 0 bridgehead atoms. The normalized spacial score (nSPS) is 11.5. The molecule has 0 aliphatic carbocycles. The first kappa shape index (κ1) is 24.0. The van der Waals surface area contributed by atoms with Gasteiger partial charge in [0.15, 0.2) is 0 Å². The van der Waals surface area contributed by atoms with Gasteiger partial charge >= 0.3 is 0 Å². The van der Waals surface area contributed by atoms with Gasteiger partial charge in [-0.25, -0.2) is 9.19 Å². The van der Waals surface area contributed by atoms with Gasteiger partial charge in [0, 0.05) is 28.9 Å². The minimum atomic E-state index is -2.18. The molecule has 0 amide bonds. The average molecular weight is 490 g/mol. The van der Waals surface area contributed by atoms with Crippen LogP contribution in [0, 0.1) is 4.78 Å². The van der Waals surface area contributed by atoms with Crippen molar-refractivity contribution in [3.8, 4) is 22.6 Å². The number of ether oxygens (including phenoxy) is 2. The van der Waals surface area contributed by atoms with Gasteiger partial charge in [-0.15, -0.1) is 0 Å². The fraction of sp³-hybridized carbons (Fsp3) is 0.154. The lowest BCUT2D eigenvalue weighted by Crippen LogP contribution is -2.06. The maximum absolute atomic E-state index is 11.6. The van der Waals surface area contributed by atoms with Gasteiger partial charge < -0.3 is 20.1 Å². The minimum Gasteiger partial charge on any atom is -0.497 e. The van der Waals surface area contributed by atoms with Crippen LogP contribution in [0.1, 0.15) is 12.5 Å². The molecule has 3 N–H and O–H groups in total. The van der Waals surface area contributed by atoms with Crippen LogP contribution in [-0.4, -0.2) is 27.9 Å². The lowest BCUT2D eigenvalue weighted by Gasteiger charge is -2.14. The Balaban J connectivity index is 1.63. The first-order chi connectivity index (χ1) is 17.1. The van der Waals surface area contributed by atoms with Gasteiger partial charge in [-0.2, -0.15) is 4.98 Å². The molecule has 1 aromatic heterocycles. The van der Waals surface area contributed by atoms with Gasteiger partial charge in [0.2, 0.25) is 5.95 Å². The quantitative estimate of drug-likeness (QED) is 0.218. The SMILES string of the molecule is CCOc1ccc(-c2cnc(Nc3cccc([SH](=N)=O)c3)nc2NCc2ccc(OC)cc2)cc1. The molecule has 1 atom stereocenters. The molecule has 180 valence electrons. The number of methoxy groups -OCH3 is 1. The van der Waals surface area contributed by atoms with Crippen LogP contribution in [0.15, 0.2) is 83.9 Å². The van der Waals surface area contributed by atoms with Gasteiger partial charge in [-0.05, 0) is 60.5 Å². The molecule has 0 radical (unpaired) electrons. The summed E-state index contributed by atoms with van der Waals surface area (Å²) in [5, 5.41) is 6.57. The van der Waals surface area contributed by atoms with Gasteiger partial charge in [0.1, 0.15) is 17.3 Å². The molecule has 1 unspecified atom stereocenters. The highest BCUT2D eigenvalue weighted by Gasteiger charge is 2.11. The average Bonchev–Trinajstić information content (AvgIpc) is 2.89. The number of nitrogens with zero attached hydrogens (tertiary/aromatic N) is 2. The molecule has 0 saturated heterocycles. The summed E-state index contributed by atoms with van der Waals surface area (Å²) >= 11 is 0. The van der Waals surface area contributed by atoms with Gasteiger partial charge in [0.05, 0.1) is 24.3 Å². The van der Waals surface area contributed by atoms with Gasteiger partial charge in [-0.3, -0.25) is 4.78 Å². The molecule has 0 aliphatic heterocycles. The van der Waals surface area contributed by atoms with E-state index in [-0.39, 0.29) is 0 Å². The van der Waals surface area contributed by atoms with E-state index in [1.54, 1.807) is 31.5 Å². The summed E-state index contributed by atoms with van der Waals surface area (Å²) in [6, 6.07) is 22.5. The van der Waals surface area contributed by atoms with Crippen molar-refractivity contribution in [1.82, 2.24) is 9.97 Å². The van der Waals surface area contributed by atoms with E-state index in [0.717, 1.165) is 28.2 Å². The minimum absolute atomic E-state index is 0.384. The number of rotatable bonds is 10. The second-order valence-corrected chi connectivity index (χ2v) is 8.69. The highest BCUT2D eigenvalue weighted by atomic mass is 32.2. The van der Waals surface area contributed by atoms with E-state index in [4.69, 9.17) is 19.2 Å². The van der Waals surface area contributed by atoms with Crippen molar-refractivity contribution < 1.29 is 13.7 Å². The van der Waals surface area contributed by atoms with Crippen LogP contribution in [0.4, 0.5) is 17.5 Å². The summed E-state index contributed by atoms with van der Waals surface area (Å²) in [7, 11) is -0.539. The lowest BCUT2D eigenvalue weighted by molar-refractivity contribution is 0.340. The first-order valence-electron chi connectivity index (χ1n) is 11.1. The predicted octanol–water partition coefficient (Wildman–Crippen LogP) is 5.51. The maximum atomic E-state index is 11.6. The number of hydrogen-bond donors (Lipinski definition) is 4. The Morgan fingerprint density at radius 1 is 1.00 bits per heavy atom. The number of aromatic nitrogens is 2. The second-order valence-electron chi connectivity index (χ2n) is 7.58. The summed E-state index contributed by atoms with van der Waals surface area (Å²) in [6.07, 6.45) is 1.76. The monoisotopic (exact) mass is 489 g/mol. The zero-order valence-electron chi connectivity index (χ0n) is 19.5. The van der Waals surface area contributed by atoms with Crippen molar-refractivity contribution >= 4 is 28.0 Å². The van der Waals surface area contributed by atoms with Crippen LogP contribution in [-0.2, 0) is 17.1 Å². The van der Waals surface area contributed by atoms with E-state index in [0.29, 0.717) is 35.5 Å². The van der Waals surface area contributed by atoms with Crippen LogP contribution >= 0.6 is 0 Å². The summed E-state index contributed by atoms with van der Waals surface area (Å²) in [4.78, 5) is 9.65. The fourth-order valence-corrected chi connectivity index (χ4v) is 3.93. The molecule has 0 saturated carbocycles. The Bertz CT molecular complexity index is 1350. The smallest absolute Gasteiger partial charge is 0.229 e. The number of anilines is 3. The third-order valence-corrected chi connectivity index (χ3v) is 5.97. The molecule has 3 aromatic carbocycles. The van der Waals surface area contributed by atoms with Crippen LogP contribution in [0.2, 0.25) is 0 Å². The van der Waals surface area contributed by atoms with Gasteiger partial charge in [0.25, 0.3) is 0 Å². The molecule has 9 heteroatoms. The Morgan fingerprint density at radius 3 is 2.43 bits per heavy atom. The molecule has 0 aliphatic rings. The summed E-state index contributed by atoms with van der Waals surface area (Å²) < 4.78 is 29.8. The van der Waals surface area contributed by atoms with Crippen molar-refractivity contribution in [2.24, 2.45) is 0 Å². The third-order valence-electron chi connectivity index (χ3n) is 5.22. The number of hydrogen-bond acceptors (Lipinski definition) is 8. The fourth-order valence-electron chi connectivity index (χ4n) is 3.45. The van der Waals surface area contributed by atoms with Crippen molar-refractivity contribution in [3.05, 3.63) is 84.6 Å². The zero-order valence-corrected chi connectivity index (χ0v) is 20.4. The largest absolute Gasteiger partial charge is 0.497 e. The zero-order chi connectivity index (χ0) is 24.6. The Hall–Kier alpha value is -4.11. The highest BCUT2D eigenvalue weighted by molar-refractivity contribution is 7.73. The number of nitrogens with one attached hydrogen (secondary N) is 3. The van der Waals surface area contributed by atoms with Crippen molar-refractivity contribution in [1.29, 1.82) is 4.78 Å². The van der Waals surface area contributed by atoms with Crippen molar-refractivity contribution in [2.45, 2.75) is 18.4 Å². The predicted molar refractivity (Wildman–Crippen MR) is 139 cm³/mol. The van der Waals surface area contributed by atoms with Crippen LogP contribution in [0.5, 0.6) is 11.5 Å². The highest BCUT2D eigenvalue weighted by Crippen LogP contribution is 2.29. The molecule has 35 heavy (non-hydrogen) atoms. The van der Waals surface area contributed by atoms with Crippen LogP contribution in [0.25, 0.3) is 11.1 Å². The molecule has 1 heterocycles. The topological polar surface area (TPSA) is 109 Å². The number of benzene rings is 3. The first-order valence-corrected chi connectivity index (χ1v) is 12.3. The lowest BCUT2D eigenvalue weighted by atomic mass is 10.1. The van der Waals surface area contributed by atoms with E-state index >= 15 is 0 Å². The van der Waals surface area contributed by atoms with E-state index in [1.165, 1.54) is 0 Å². The Morgan fingerprint density at radius 2 is 1.74 bits per heavy atom. The molecule has 0 fully saturated rings. The molecule has 4 rings (SSSR count). The van der Waals surface area contributed by atoms with E-state index in [1.807, 2.05) is 61.5 Å². The molecular formula is C26H27N5O3S.